The number of allylic oxidation sites excluding steroid dienone is 1. The van der Waals surface area contributed by atoms with Gasteiger partial charge in [0, 0.05) is 12.1 Å². The molecule has 2 atom stereocenters. The lowest BCUT2D eigenvalue weighted by atomic mass is 10.1. The smallest absolute Gasteiger partial charge is 0.206 e. The molecule has 1 aliphatic heterocycles. The van der Waals surface area contributed by atoms with Gasteiger partial charge in [-0.15, -0.1) is 7.42 Å². The van der Waals surface area contributed by atoms with Crippen molar-refractivity contribution in [2.24, 2.45) is 0 Å². The van der Waals surface area contributed by atoms with Crippen molar-refractivity contribution in [1.29, 1.82) is 0 Å². The fraction of sp³-hybridized carbons (Fsp3) is 0.300. The van der Waals surface area contributed by atoms with Crippen molar-refractivity contribution in [3.63, 3.8) is 0 Å². The van der Waals surface area contributed by atoms with Gasteiger partial charge in [-0.2, -0.15) is 0 Å². The van der Waals surface area contributed by atoms with Gasteiger partial charge in [-0.05, 0) is 52.0 Å². The van der Waals surface area contributed by atoms with Gasteiger partial charge < -0.3 is 0 Å². The summed E-state index contributed by atoms with van der Waals surface area (Å²) in [6, 6.07) is 11.9. The normalized spacial score (nSPS) is 21.8. The fourth-order valence-electron chi connectivity index (χ4n) is 3.03. The lowest BCUT2D eigenvalue weighted by molar-refractivity contribution is 0.428. The molecule has 156 valence electrons. The Kier molecular flexibility index (Phi) is 6.26. The van der Waals surface area contributed by atoms with Crippen LogP contribution in [0, 0.1) is 13.8 Å². The molecule has 0 radical (unpaired) electrons. The third kappa shape index (κ3) is 4.15. The summed E-state index contributed by atoms with van der Waals surface area (Å²) in [5, 5.41) is 0. The van der Waals surface area contributed by atoms with Crippen molar-refractivity contribution in [3.8, 4) is 0 Å². The third-order valence-corrected chi connectivity index (χ3v) is 10.5. The first-order valence-electron chi connectivity index (χ1n) is 9.12. The van der Waals surface area contributed by atoms with E-state index in [1.165, 1.54) is 7.42 Å². The standard InChI is InChI=1S/C20H24N2O4S3/c1-5-6-20-17(4)21(28(23,24)18-11-7-15(2)8-12-18)27-22(20)29(25,26)19-13-9-16(3)10-14-19/h5-14,17,20H,1-4H3/b6-5+/t17-,20-/m0/s1. The molecule has 3 rings (SSSR count). The first-order chi connectivity index (χ1) is 13.6. The molecule has 0 unspecified atom stereocenters. The Morgan fingerprint density at radius 3 is 1.62 bits per heavy atom. The van der Waals surface area contributed by atoms with Crippen LogP contribution < -0.4 is 0 Å². The molecule has 1 saturated heterocycles. The van der Waals surface area contributed by atoms with Crippen molar-refractivity contribution in [1.82, 2.24) is 7.42 Å². The van der Waals surface area contributed by atoms with E-state index in [0.717, 1.165) is 23.3 Å². The van der Waals surface area contributed by atoms with E-state index in [4.69, 9.17) is 0 Å². The topological polar surface area (TPSA) is 74.8 Å². The van der Waals surface area contributed by atoms with Gasteiger partial charge in [0.15, 0.2) is 0 Å². The van der Waals surface area contributed by atoms with Gasteiger partial charge in [0.1, 0.15) is 0 Å². The molecule has 0 aromatic heterocycles. The van der Waals surface area contributed by atoms with Gasteiger partial charge in [-0.25, -0.2) is 16.8 Å². The number of sulfonamides is 2. The number of hydrogen-bond donors (Lipinski definition) is 0. The van der Waals surface area contributed by atoms with Gasteiger partial charge in [0.05, 0.1) is 21.9 Å². The van der Waals surface area contributed by atoms with Crippen LogP contribution in [0.2, 0.25) is 0 Å². The molecule has 0 saturated carbocycles. The molecule has 1 heterocycles. The van der Waals surface area contributed by atoms with Gasteiger partial charge >= 0.3 is 0 Å². The average Bonchev–Trinajstić information content (AvgIpc) is 3.01. The maximum atomic E-state index is 13.3. The van der Waals surface area contributed by atoms with Crippen molar-refractivity contribution in [2.45, 2.75) is 49.6 Å². The Balaban J connectivity index is 2.03. The van der Waals surface area contributed by atoms with Crippen molar-refractivity contribution in [3.05, 3.63) is 71.8 Å². The van der Waals surface area contributed by atoms with Crippen LogP contribution >= 0.6 is 12.1 Å². The Morgan fingerprint density at radius 2 is 1.21 bits per heavy atom. The monoisotopic (exact) mass is 452 g/mol. The van der Waals surface area contributed by atoms with Gasteiger partial charge in [-0.1, -0.05) is 47.5 Å². The van der Waals surface area contributed by atoms with E-state index in [1.807, 2.05) is 13.8 Å². The zero-order valence-corrected chi connectivity index (χ0v) is 19.1. The maximum absolute atomic E-state index is 13.3. The van der Waals surface area contributed by atoms with Crippen LogP contribution in [0.4, 0.5) is 0 Å². The Labute approximate surface area is 177 Å². The highest BCUT2D eigenvalue weighted by atomic mass is 32.3. The van der Waals surface area contributed by atoms with Gasteiger partial charge in [-0.3, -0.25) is 0 Å². The molecule has 0 bridgehead atoms. The number of nitrogens with zero attached hydrogens (tertiary/aromatic N) is 2. The predicted octanol–water partition coefficient (Wildman–Crippen LogP) is 3.90. The summed E-state index contributed by atoms with van der Waals surface area (Å²) in [4.78, 5) is 0.267. The van der Waals surface area contributed by atoms with E-state index in [2.05, 4.69) is 0 Å². The maximum Gasteiger partial charge on any atom is 0.253 e. The molecule has 1 aliphatic rings. The molecule has 2 aromatic carbocycles. The molecule has 6 nitrogen and oxygen atoms in total. The van der Waals surface area contributed by atoms with E-state index >= 15 is 0 Å². The number of benzene rings is 2. The predicted molar refractivity (Wildman–Crippen MR) is 116 cm³/mol. The summed E-state index contributed by atoms with van der Waals surface area (Å²) in [6.07, 6.45) is 3.45. The lowest BCUT2D eigenvalue weighted by Crippen LogP contribution is -2.37. The molecule has 29 heavy (non-hydrogen) atoms. The summed E-state index contributed by atoms with van der Waals surface area (Å²) in [5.74, 6) is 0. The van der Waals surface area contributed by atoms with Crippen molar-refractivity contribution < 1.29 is 16.8 Å². The van der Waals surface area contributed by atoms with E-state index in [1.54, 1.807) is 74.5 Å². The number of rotatable bonds is 5. The SMILES string of the molecule is C/C=C/[C@H]1[C@H](C)N(S(=O)(=O)c2ccc(C)cc2)SN1S(=O)(=O)c1ccc(C)cc1. The second kappa shape index (κ2) is 8.23. The third-order valence-electron chi connectivity index (χ3n) is 4.73. The molecule has 1 fully saturated rings. The van der Waals surface area contributed by atoms with Crippen LogP contribution in [0.1, 0.15) is 25.0 Å². The Hall–Kier alpha value is -1.65. The second-order valence-electron chi connectivity index (χ2n) is 6.99. The van der Waals surface area contributed by atoms with Crippen LogP contribution in [-0.2, 0) is 20.0 Å². The molecular formula is C20H24N2O4S3. The van der Waals surface area contributed by atoms with Gasteiger partial charge in [0.2, 0.25) is 0 Å². The summed E-state index contributed by atoms with van der Waals surface area (Å²) in [7, 11) is -7.78. The number of aryl methyl sites for hydroxylation is 2. The minimum absolute atomic E-state index is 0.131. The van der Waals surface area contributed by atoms with Crippen LogP contribution in [-0.4, -0.2) is 36.3 Å². The second-order valence-corrected chi connectivity index (χ2v) is 12.0. The van der Waals surface area contributed by atoms with Crippen molar-refractivity contribution in [2.75, 3.05) is 0 Å². The average molecular weight is 453 g/mol. The molecule has 0 spiro atoms. The summed E-state index contributed by atoms with van der Waals surface area (Å²) in [5.41, 5.74) is 1.89. The highest BCUT2D eigenvalue weighted by Gasteiger charge is 2.49. The Morgan fingerprint density at radius 1 is 0.793 bits per heavy atom. The van der Waals surface area contributed by atoms with Crippen LogP contribution in [0.3, 0.4) is 0 Å². The highest BCUT2D eigenvalue weighted by molar-refractivity contribution is 8.13. The largest absolute Gasteiger partial charge is 0.253 e. The zero-order valence-electron chi connectivity index (χ0n) is 16.7. The first kappa shape index (κ1) is 22.0. The minimum Gasteiger partial charge on any atom is -0.206 e. The van der Waals surface area contributed by atoms with E-state index in [-0.39, 0.29) is 9.79 Å². The van der Waals surface area contributed by atoms with Crippen LogP contribution in [0.25, 0.3) is 0 Å². The van der Waals surface area contributed by atoms with Crippen LogP contribution in [0.15, 0.2) is 70.5 Å². The lowest BCUT2D eigenvalue weighted by Gasteiger charge is -2.20. The summed E-state index contributed by atoms with van der Waals surface area (Å²) < 4.78 is 55.3. The minimum atomic E-state index is -3.90. The molecular weight excluding hydrogens is 428 g/mol. The summed E-state index contributed by atoms with van der Waals surface area (Å²) in [6.45, 7) is 7.25. The van der Waals surface area contributed by atoms with Crippen molar-refractivity contribution >= 4 is 32.2 Å². The number of hydrogen-bond acceptors (Lipinski definition) is 5. The zero-order chi connectivity index (χ0) is 21.4. The van der Waals surface area contributed by atoms with E-state index < -0.39 is 32.1 Å². The highest BCUT2D eigenvalue weighted by Crippen LogP contribution is 2.43. The Bertz CT molecular complexity index is 1110. The summed E-state index contributed by atoms with van der Waals surface area (Å²) >= 11 is 0.718. The van der Waals surface area contributed by atoms with Crippen LogP contribution in [0.5, 0.6) is 0 Å². The molecule has 0 N–H and O–H groups in total. The van der Waals surface area contributed by atoms with E-state index in [0.29, 0.717) is 0 Å². The molecule has 9 heteroatoms. The van der Waals surface area contributed by atoms with E-state index in [9.17, 15) is 16.8 Å². The quantitative estimate of drug-likeness (QED) is 0.508. The first-order valence-corrected chi connectivity index (χ1v) is 12.7. The molecule has 2 aromatic rings. The fourth-order valence-corrected chi connectivity index (χ4v) is 8.10. The molecule has 0 aliphatic carbocycles. The molecule has 0 amide bonds. The van der Waals surface area contributed by atoms with Gasteiger partial charge in [0.25, 0.3) is 20.0 Å².